The number of hydrogen-bond acceptors (Lipinski definition) is 2. The Morgan fingerprint density at radius 2 is 2.24 bits per heavy atom. The minimum atomic E-state index is 0.0639. The molecule has 1 fully saturated rings. The minimum Gasteiger partial charge on any atom is -0.399 e. The van der Waals surface area contributed by atoms with Crippen LogP contribution in [-0.2, 0) is 0 Å². The van der Waals surface area contributed by atoms with Gasteiger partial charge >= 0.3 is 6.03 Å². The predicted octanol–water partition coefficient (Wildman–Crippen LogP) is 2.31. The summed E-state index contributed by atoms with van der Waals surface area (Å²) in [5.41, 5.74) is 7.33. The molecule has 0 spiro atoms. The van der Waals surface area contributed by atoms with E-state index in [2.05, 4.69) is 6.92 Å². The van der Waals surface area contributed by atoms with Crippen molar-refractivity contribution in [2.75, 3.05) is 24.2 Å². The van der Waals surface area contributed by atoms with E-state index in [1.54, 1.807) is 4.90 Å². The molecule has 2 rings (SSSR count). The van der Waals surface area contributed by atoms with Crippen molar-refractivity contribution in [2.24, 2.45) is 0 Å². The summed E-state index contributed by atoms with van der Waals surface area (Å²) in [6.45, 7) is 2.90. The van der Waals surface area contributed by atoms with Gasteiger partial charge in [-0.05, 0) is 24.6 Å². The average Bonchev–Trinajstić information content (AvgIpc) is 2.58. The van der Waals surface area contributed by atoms with Crippen LogP contribution in [-0.4, -0.2) is 30.6 Å². The molecule has 0 bridgehead atoms. The van der Waals surface area contributed by atoms with Gasteiger partial charge in [-0.1, -0.05) is 19.4 Å². The molecule has 0 aromatic heterocycles. The summed E-state index contributed by atoms with van der Waals surface area (Å²) in [5, 5.41) is 0. The van der Waals surface area contributed by atoms with Gasteiger partial charge in [0.1, 0.15) is 0 Å². The third-order valence-electron chi connectivity index (χ3n) is 3.28. The predicted molar refractivity (Wildman–Crippen MR) is 70.1 cm³/mol. The Hall–Kier alpha value is -1.71. The number of urea groups is 1. The zero-order valence-electron chi connectivity index (χ0n) is 10.4. The Morgan fingerprint density at radius 3 is 2.88 bits per heavy atom. The Bertz CT molecular complexity index is 419. The number of nitrogen functional groups attached to an aromatic ring is 1. The molecule has 92 valence electrons. The van der Waals surface area contributed by atoms with Crippen molar-refractivity contribution in [3.63, 3.8) is 0 Å². The van der Waals surface area contributed by atoms with Crippen LogP contribution in [0.3, 0.4) is 0 Å². The van der Waals surface area contributed by atoms with Gasteiger partial charge in [-0.3, -0.25) is 4.90 Å². The minimum absolute atomic E-state index is 0.0639. The van der Waals surface area contributed by atoms with E-state index in [1.165, 1.54) is 0 Å². The number of carbonyl (C=O) groups is 1. The Kier molecular flexibility index (Phi) is 3.22. The van der Waals surface area contributed by atoms with Crippen LogP contribution in [0.4, 0.5) is 16.2 Å². The topological polar surface area (TPSA) is 49.6 Å². The van der Waals surface area contributed by atoms with E-state index in [0.29, 0.717) is 11.7 Å². The molecule has 1 aromatic carbocycles. The molecule has 1 heterocycles. The first-order valence-electron chi connectivity index (χ1n) is 6.03. The van der Waals surface area contributed by atoms with Gasteiger partial charge in [0.15, 0.2) is 0 Å². The standard InChI is InChI=1S/C13H19N3O/c1-3-5-12-9-16(13(17)15(12)2)11-7-4-6-10(14)8-11/h4,6-8,12H,3,5,9,14H2,1-2H3. The van der Waals surface area contributed by atoms with Gasteiger partial charge in [0.2, 0.25) is 0 Å². The molecule has 1 atom stereocenters. The van der Waals surface area contributed by atoms with E-state index < -0.39 is 0 Å². The molecule has 4 nitrogen and oxygen atoms in total. The molecule has 1 aliphatic heterocycles. The van der Waals surface area contributed by atoms with E-state index in [1.807, 2.05) is 36.2 Å². The van der Waals surface area contributed by atoms with E-state index in [-0.39, 0.29) is 6.03 Å². The van der Waals surface area contributed by atoms with Gasteiger partial charge in [-0.25, -0.2) is 4.79 Å². The van der Waals surface area contributed by atoms with Gasteiger partial charge in [0, 0.05) is 25.0 Å². The first-order chi connectivity index (χ1) is 8.13. The van der Waals surface area contributed by atoms with Gasteiger partial charge < -0.3 is 10.6 Å². The van der Waals surface area contributed by atoms with E-state index in [0.717, 1.165) is 25.1 Å². The highest BCUT2D eigenvalue weighted by Crippen LogP contribution is 2.25. The first-order valence-corrected chi connectivity index (χ1v) is 6.03. The molecule has 1 saturated heterocycles. The smallest absolute Gasteiger partial charge is 0.324 e. The first kappa shape index (κ1) is 11.8. The second-order valence-electron chi connectivity index (χ2n) is 4.54. The highest BCUT2D eigenvalue weighted by atomic mass is 16.2. The van der Waals surface area contributed by atoms with Crippen molar-refractivity contribution in [3.05, 3.63) is 24.3 Å². The second kappa shape index (κ2) is 4.65. The van der Waals surface area contributed by atoms with Crippen molar-refractivity contribution in [3.8, 4) is 0 Å². The number of nitrogens with zero attached hydrogens (tertiary/aromatic N) is 2. The average molecular weight is 233 g/mol. The molecule has 1 unspecified atom stereocenters. The molecule has 17 heavy (non-hydrogen) atoms. The lowest BCUT2D eigenvalue weighted by molar-refractivity contribution is 0.217. The maximum atomic E-state index is 12.1. The van der Waals surface area contributed by atoms with Crippen LogP contribution < -0.4 is 10.6 Å². The van der Waals surface area contributed by atoms with E-state index >= 15 is 0 Å². The maximum absolute atomic E-state index is 12.1. The van der Waals surface area contributed by atoms with Crippen LogP contribution in [0.1, 0.15) is 19.8 Å². The third-order valence-corrected chi connectivity index (χ3v) is 3.28. The van der Waals surface area contributed by atoms with Crippen LogP contribution in [0, 0.1) is 0 Å². The summed E-state index contributed by atoms with van der Waals surface area (Å²) < 4.78 is 0. The summed E-state index contributed by atoms with van der Waals surface area (Å²) in [7, 11) is 1.87. The van der Waals surface area contributed by atoms with Gasteiger partial charge in [-0.2, -0.15) is 0 Å². The highest BCUT2D eigenvalue weighted by molar-refractivity contribution is 5.94. The molecule has 2 N–H and O–H groups in total. The van der Waals surface area contributed by atoms with Crippen LogP contribution >= 0.6 is 0 Å². The Morgan fingerprint density at radius 1 is 1.47 bits per heavy atom. The van der Waals surface area contributed by atoms with Crippen LogP contribution in [0.15, 0.2) is 24.3 Å². The second-order valence-corrected chi connectivity index (χ2v) is 4.54. The zero-order chi connectivity index (χ0) is 12.4. The number of benzene rings is 1. The summed E-state index contributed by atoms with van der Waals surface area (Å²) in [6, 6.07) is 7.86. The van der Waals surface area contributed by atoms with E-state index in [4.69, 9.17) is 5.73 Å². The highest BCUT2D eigenvalue weighted by Gasteiger charge is 2.34. The number of anilines is 2. The van der Waals surface area contributed by atoms with Crippen LogP contribution in [0.25, 0.3) is 0 Å². The largest absolute Gasteiger partial charge is 0.399 e. The van der Waals surface area contributed by atoms with Gasteiger partial charge in [-0.15, -0.1) is 0 Å². The fourth-order valence-corrected chi connectivity index (χ4v) is 2.28. The molecular formula is C13H19N3O. The molecule has 0 radical (unpaired) electrons. The molecular weight excluding hydrogens is 214 g/mol. The fraction of sp³-hybridized carbons (Fsp3) is 0.462. The Labute approximate surface area is 102 Å². The zero-order valence-corrected chi connectivity index (χ0v) is 10.4. The van der Waals surface area contributed by atoms with Crippen LogP contribution in [0.5, 0.6) is 0 Å². The van der Waals surface area contributed by atoms with Crippen molar-refractivity contribution in [1.82, 2.24) is 4.90 Å². The van der Waals surface area contributed by atoms with Gasteiger partial charge in [0.25, 0.3) is 0 Å². The number of nitrogens with two attached hydrogens (primary N) is 1. The number of likely N-dealkylation sites (N-methyl/N-ethyl adjacent to an activating group) is 1. The Balaban J connectivity index is 2.20. The molecule has 4 heteroatoms. The molecule has 1 aromatic rings. The number of rotatable bonds is 3. The lowest BCUT2D eigenvalue weighted by Crippen LogP contribution is -2.31. The van der Waals surface area contributed by atoms with E-state index in [9.17, 15) is 4.79 Å². The lowest BCUT2D eigenvalue weighted by atomic mass is 10.1. The third kappa shape index (κ3) is 2.20. The monoisotopic (exact) mass is 233 g/mol. The van der Waals surface area contributed by atoms with Crippen molar-refractivity contribution in [1.29, 1.82) is 0 Å². The molecule has 0 aliphatic carbocycles. The van der Waals surface area contributed by atoms with Crippen molar-refractivity contribution in [2.45, 2.75) is 25.8 Å². The number of hydrogen-bond donors (Lipinski definition) is 1. The SMILES string of the molecule is CCCC1CN(c2cccc(N)c2)C(=O)N1C. The van der Waals surface area contributed by atoms with Crippen molar-refractivity contribution < 1.29 is 4.79 Å². The maximum Gasteiger partial charge on any atom is 0.324 e. The lowest BCUT2D eigenvalue weighted by Gasteiger charge is -2.16. The quantitative estimate of drug-likeness (QED) is 0.814. The summed E-state index contributed by atoms with van der Waals surface area (Å²) >= 11 is 0. The number of carbonyl (C=O) groups excluding carboxylic acids is 1. The van der Waals surface area contributed by atoms with Crippen molar-refractivity contribution >= 4 is 17.4 Å². The van der Waals surface area contributed by atoms with Crippen LogP contribution in [0.2, 0.25) is 0 Å². The van der Waals surface area contributed by atoms with Gasteiger partial charge in [0.05, 0.1) is 6.04 Å². The normalized spacial score (nSPS) is 20.1. The summed E-state index contributed by atoms with van der Waals surface area (Å²) in [4.78, 5) is 15.7. The molecule has 1 aliphatic rings. The number of amides is 2. The molecule has 0 saturated carbocycles. The fourth-order valence-electron chi connectivity index (χ4n) is 2.28. The molecule has 2 amide bonds. The summed E-state index contributed by atoms with van der Waals surface area (Å²) in [6.07, 6.45) is 2.13. The summed E-state index contributed by atoms with van der Waals surface area (Å²) in [5.74, 6) is 0.